The average Bonchev–Trinajstić information content (AvgIpc) is 3.16. The first-order valence-electron chi connectivity index (χ1n) is 8.48. The maximum Gasteiger partial charge on any atom is 0.466 e. The van der Waals surface area contributed by atoms with E-state index in [-0.39, 0.29) is 6.61 Å². The van der Waals surface area contributed by atoms with Gasteiger partial charge in [0.1, 0.15) is 24.6 Å². The van der Waals surface area contributed by atoms with Crippen LogP contribution in [0.4, 0.5) is 5.82 Å². The largest absolute Gasteiger partial charge is 0.466 e. The molecule has 7 N–H and O–H groups in total. The molecular weight excluding hydrogens is 409 g/mol. The quantitative estimate of drug-likeness (QED) is 0.221. The van der Waals surface area contributed by atoms with Gasteiger partial charge in [0, 0.05) is 6.54 Å². The Morgan fingerprint density at radius 3 is 2.45 bits per heavy atom. The minimum atomic E-state index is -4.64. The monoisotopic (exact) mass is 433 g/mol. The molecule has 0 aliphatic carbocycles. The summed E-state index contributed by atoms with van der Waals surface area (Å²) >= 11 is 0. The average molecular weight is 433 g/mol. The first kappa shape index (κ1) is 23.3. The van der Waals surface area contributed by atoms with Crippen LogP contribution in [0, 0.1) is 0 Å². The zero-order chi connectivity index (χ0) is 21.8. The summed E-state index contributed by atoms with van der Waals surface area (Å²) < 4.78 is 15.9. The second-order valence-corrected chi connectivity index (χ2v) is 7.48. The number of hydrogen-bond donors (Lipinski definition) is 7. The maximum absolute atomic E-state index is 10.2. The van der Waals surface area contributed by atoms with Crippen molar-refractivity contribution in [2.45, 2.75) is 38.4 Å². The van der Waals surface area contributed by atoms with E-state index in [4.69, 9.17) is 24.0 Å². The molecule has 2 aromatic heterocycles. The predicted octanol–water partition coefficient (Wildman–Crippen LogP) is -1.11. The fourth-order valence-electron chi connectivity index (χ4n) is 2.63. The molecule has 13 nitrogen and oxygen atoms in total. The van der Waals surface area contributed by atoms with E-state index in [9.17, 15) is 15.3 Å². The molecule has 0 unspecified atom stereocenters. The number of ether oxygens (including phenoxy) is 1. The van der Waals surface area contributed by atoms with E-state index in [1.54, 1.807) is 0 Å². The van der Waals surface area contributed by atoms with Crippen molar-refractivity contribution in [3.63, 3.8) is 0 Å². The highest BCUT2D eigenvalue weighted by atomic mass is 31.2. The predicted molar refractivity (Wildman–Crippen MR) is 101 cm³/mol. The Balaban J connectivity index is 0.000000537. The van der Waals surface area contributed by atoms with E-state index in [1.807, 2.05) is 19.9 Å². The molecule has 0 bridgehead atoms. The molecule has 3 heterocycles. The van der Waals surface area contributed by atoms with Crippen LogP contribution in [-0.2, 0) is 9.30 Å². The van der Waals surface area contributed by atoms with Crippen molar-refractivity contribution in [3.05, 3.63) is 24.3 Å². The lowest BCUT2D eigenvalue weighted by molar-refractivity contribution is -0.0511. The second kappa shape index (κ2) is 9.69. The van der Waals surface area contributed by atoms with Gasteiger partial charge in [0.25, 0.3) is 0 Å². The highest BCUT2D eigenvalue weighted by Gasteiger charge is 2.44. The zero-order valence-corrected chi connectivity index (χ0v) is 16.6. The number of fused-ring (bicyclic) bond motifs is 1. The highest BCUT2D eigenvalue weighted by molar-refractivity contribution is 7.45. The van der Waals surface area contributed by atoms with Crippen LogP contribution >= 0.6 is 7.82 Å². The van der Waals surface area contributed by atoms with E-state index in [1.165, 1.54) is 22.8 Å². The lowest BCUT2D eigenvalue weighted by Crippen LogP contribution is -2.33. The van der Waals surface area contributed by atoms with Gasteiger partial charge in [0.2, 0.25) is 0 Å². The van der Waals surface area contributed by atoms with Gasteiger partial charge in [-0.25, -0.2) is 19.5 Å². The SMILES string of the molecule is CC(C)=CCNc1ncnc2c1ncn2[C@@H]1O[C@H](CO)[C@@H](O)[C@H]1O.O=P(O)(O)O. The minimum Gasteiger partial charge on any atom is -0.394 e. The van der Waals surface area contributed by atoms with Gasteiger partial charge in [-0.3, -0.25) is 4.57 Å². The topological polar surface area (TPSA) is 203 Å². The minimum absolute atomic E-state index is 0.383. The molecule has 3 rings (SSSR count). The van der Waals surface area contributed by atoms with Crippen LogP contribution in [0.15, 0.2) is 24.3 Å². The number of phosphoric acid groups is 1. The van der Waals surface area contributed by atoms with Gasteiger partial charge in [-0.05, 0) is 13.8 Å². The van der Waals surface area contributed by atoms with Crippen LogP contribution < -0.4 is 5.32 Å². The molecule has 0 radical (unpaired) electrons. The molecule has 1 aliphatic rings. The normalized spacial score (nSPS) is 24.1. The summed E-state index contributed by atoms with van der Waals surface area (Å²) in [6.07, 6.45) is 0.823. The third-order valence-electron chi connectivity index (χ3n) is 3.93. The Morgan fingerprint density at radius 1 is 1.24 bits per heavy atom. The van der Waals surface area contributed by atoms with E-state index in [0.29, 0.717) is 23.5 Å². The molecule has 1 saturated heterocycles. The number of rotatable bonds is 5. The van der Waals surface area contributed by atoms with Gasteiger partial charge >= 0.3 is 7.82 Å². The molecule has 14 heteroatoms. The molecule has 0 aromatic carbocycles. The number of allylic oxidation sites excluding steroid dienone is 1. The zero-order valence-electron chi connectivity index (χ0n) is 15.7. The number of aliphatic hydroxyl groups excluding tert-OH is 3. The summed E-state index contributed by atoms with van der Waals surface area (Å²) in [6, 6.07) is 0. The fraction of sp³-hybridized carbons (Fsp3) is 0.533. The van der Waals surface area contributed by atoms with Crippen LogP contribution in [0.2, 0.25) is 0 Å². The molecule has 1 aliphatic heterocycles. The lowest BCUT2D eigenvalue weighted by Gasteiger charge is -2.16. The number of aliphatic hydroxyl groups is 3. The Labute approximate surface area is 165 Å². The summed E-state index contributed by atoms with van der Waals surface area (Å²) in [4.78, 5) is 34.2. The van der Waals surface area contributed by atoms with Crippen molar-refractivity contribution >= 4 is 24.8 Å². The summed E-state index contributed by atoms with van der Waals surface area (Å²) in [5.74, 6) is 0.572. The van der Waals surface area contributed by atoms with Crippen LogP contribution in [0.25, 0.3) is 11.2 Å². The molecule has 29 heavy (non-hydrogen) atoms. The Hall–Kier alpha value is -1.96. The van der Waals surface area contributed by atoms with Gasteiger partial charge in [0.15, 0.2) is 23.2 Å². The van der Waals surface area contributed by atoms with Gasteiger partial charge in [-0.2, -0.15) is 0 Å². The van der Waals surface area contributed by atoms with Crippen LogP contribution in [0.3, 0.4) is 0 Å². The maximum atomic E-state index is 10.2. The van der Waals surface area contributed by atoms with Gasteiger partial charge in [0.05, 0.1) is 12.9 Å². The van der Waals surface area contributed by atoms with Crippen molar-refractivity contribution in [1.29, 1.82) is 0 Å². The van der Waals surface area contributed by atoms with Crippen molar-refractivity contribution in [2.24, 2.45) is 0 Å². The standard InChI is InChI=1S/C15H21N5O4.H3O4P/c1-8(2)3-4-16-13-10-14(18-6-17-13)20(7-19-10)15-12(23)11(22)9(5-21)24-15;1-5(2,3)4/h3,6-7,9,11-12,15,21-23H,4-5H2,1-2H3,(H,16,17,18);(H3,1,2,3,4)/t9-,11-,12-,15-;/m1./s1. The Kier molecular flexibility index (Phi) is 7.80. The highest BCUT2D eigenvalue weighted by Crippen LogP contribution is 2.32. The molecule has 2 aromatic rings. The van der Waals surface area contributed by atoms with E-state index in [0.717, 1.165) is 0 Å². The van der Waals surface area contributed by atoms with Gasteiger partial charge < -0.3 is 40.1 Å². The fourth-order valence-corrected chi connectivity index (χ4v) is 2.63. The third-order valence-corrected chi connectivity index (χ3v) is 3.93. The lowest BCUT2D eigenvalue weighted by atomic mass is 10.1. The van der Waals surface area contributed by atoms with E-state index < -0.39 is 32.4 Å². The number of imidazole rings is 1. The van der Waals surface area contributed by atoms with Crippen LogP contribution in [0.1, 0.15) is 20.1 Å². The molecule has 1 fully saturated rings. The summed E-state index contributed by atoms with van der Waals surface area (Å²) in [5, 5.41) is 32.4. The first-order chi connectivity index (χ1) is 13.5. The van der Waals surface area contributed by atoms with Crippen molar-refractivity contribution in [1.82, 2.24) is 19.5 Å². The molecule has 0 saturated carbocycles. The van der Waals surface area contributed by atoms with Gasteiger partial charge in [-0.15, -0.1) is 0 Å². The number of nitrogens with one attached hydrogen (secondary N) is 1. The molecular formula is C15H24N5O8P. The van der Waals surface area contributed by atoms with Crippen LogP contribution in [0.5, 0.6) is 0 Å². The van der Waals surface area contributed by atoms with Crippen molar-refractivity contribution in [3.8, 4) is 0 Å². The first-order valence-corrected chi connectivity index (χ1v) is 10.0. The smallest absolute Gasteiger partial charge is 0.394 e. The van der Waals surface area contributed by atoms with Crippen LogP contribution in [-0.4, -0.2) is 81.0 Å². The number of hydrogen-bond acceptors (Lipinski definition) is 9. The summed E-state index contributed by atoms with van der Waals surface area (Å²) in [7, 11) is -4.64. The number of anilines is 1. The molecule has 0 amide bonds. The third kappa shape index (κ3) is 6.26. The number of aromatic nitrogens is 4. The summed E-state index contributed by atoms with van der Waals surface area (Å²) in [6.45, 7) is 4.24. The van der Waals surface area contributed by atoms with Gasteiger partial charge in [-0.1, -0.05) is 11.6 Å². The molecule has 162 valence electrons. The second-order valence-electron chi connectivity index (χ2n) is 6.45. The van der Waals surface area contributed by atoms with E-state index >= 15 is 0 Å². The van der Waals surface area contributed by atoms with Crippen molar-refractivity contribution < 1.29 is 39.3 Å². The Bertz CT molecular complexity index is 888. The Morgan fingerprint density at radius 2 is 1.90 bits per heavy atom. The summed E-state index contributed by atoms with van der Waals surface area (Å²) in [5.41, 5.74) is 2.20. The van der Waals surface area contributed by atoms with Crippen molar-refractivity contribution in [2.75, 3.05) is 18.5 Å². The van der Waals surface area contributed by atoms with E-state index in [2.05, 4.69) is 20.3 Å². The molecule has 0 spiro atoms. The number of nitrogens with zero attached hydrogens (tertiary/aromatic N) is 4. The molecule has 4 atom stereocenters.